The van der Waals surface area contributed by atoms with Gasteiger partial charge in [-0.15, -0.1) is 0 Å². The number of aliphatic imine (C=N–C) groups is 1. The third-order valence-electron chi connectivity index (χ3n) is 3.33. The largest absolute Gasteiger partial charge is 0.507 e. The van der Waals surface area contributed by atoms with Crippen molar-refractivity contribution in [2.45, 2.75) is 6.10 Å². The summed E-state index contributed by atoms with van der Waals surface area (Å²) in [5.74, 6) is 1.30. The minimum Gasteiger partial charge on any atom is -0.507 e. The van der Waals surface area contributed by atoms with Crippen molar-refractivity contribution in [2.75, 3.05) is 13.2 Å². The molecular formula is C16H14N2O5. The predicted octanol–water partition coefficient (Wildman–Crippen LogP) is 2.56. The lowest BCUT2D eigenvalue weighted by atomic mass is 10.2. The third kappa shape index (κ3) is 3.39. The molecule has 2 aromatic carbocycles. The molecule has 7 nitrogen and oxygen atoms in total. The molecule has 0 aromatic heterocycles. The molecule has 0 fully saturated rings. The number of nitrogens with zero attached hydrogens (tertiary/aromatic N) is 2. The highest BCUT2D eigenvalue weighted by atomic mass is 16.6. The summed E-state index contributed by atoms with van der Waals surface area (Å²) in [7, 11) is 0. The normalized spacial score (nSPS) is 16.4. The van der Waals surface area contributed by atoms with Crippen LogP contribution in [0.2, 0.25) is 0 Å². The quantitative estimate of drug-likeness (QED) is 0.531. The van der Waals surface area contributed by atoms with Gasteiger partial charge in [-0.1, -0.05) is 12.1 Å². The first kappa shape index (κ1) is 14.8. The van der Waals surface area contributed by atoms with E-state index >= 15 is 0 Å². The molecule has 0 saturated heterocycles. The molecule has 1 aliphatic rings. The van der Waals surface area contributed by atoms with E-state index in [1.165, 1.54) is 24.4 Å². The summed E-state index contributed by atoms with van der Waals surface area (Å²) in [6.45, 7) is 0.686. The number of ether oxygens (including phenoxy) is 2. The summed E-state index contributed by atoms with van der Waals surface area (Å²) in [6.07, 6.45) is 1.15. The number of benzene rings is 2. The summed E-state index contributed by atoms with van der Waals surface area (Å²) >= 11 is 0. The van der Waals surface area contributed by atoms with Gasteiger partial charge in [-0.2, -0.15) is 0 Å². The number of nitro groups is 1. The average molecular weight is 314 g/mol. The fraction of sp³-hybridized carbons (Fsp3) is 0.188. The van der Waals surface area contributed by atoms with Crippen LogP contribution in [-0.4, -0.2) is 35.5 Å². The molecule has 2 aromatic rings. The molecule has 1 aliphatic heterocycles. The molecule has 0 radical (unpaired) electrons. The molecule has 0 amide bonds. The molecule has 23 heavy (non-hydrogen) atoms. The number of rotatable bonds is 4. The first-order valence-corrected chi connectivity index (χ1v) is 6.99. The molecule has 118 valence electrons. The van der Waals surface area contributed by atoms with E-state index in [4.69, 9.17) is 9.47 Å². The van der Waals surface area contributed by atoms with Gasteiger partial charge in [0.1, 0.15) is 12.4 Å². The maximum atomic E-state index is 10.7. The van der Waals surface area contributed by atoms with Crippen molar-refractivity contribution in [3.63, 3.8) is 0 Å². The zero-order valence-electron chi connectivity index (χ0n) is 12.1. The fourth-order valence-corrected chi connectivity index (χ4v) is 2.18. The zero-order valence-corrected chi connectivity index (χ0v) is 12.1. The summed E-state index contributed by atoms with van der Waals surface area (Å²) in [6, 6.07) is 11.2. The van der Waals surface area contributed by atoms with Crippen molar-refractivity contribution in [3.8, 4) is 17.2 Å². The summed E-state index contributed by atoms with van der Waals surface area (Å²) < 4.78 is 11.3. The number of hydrogen-bond acceptors (Lipinski definition) is 6. The van der Waals surface area contributed by atoms with Gasteiger partial charge in [0, 0.05) is 23.9 Å². The maximum Gasteiger partial charge on any atom is 0.270 e. The lowest BCUT2D eigenvalue weighted by molar-refractivity contribution is -0.384. The lowest BCUT2D eigenvalue weighted by Gasteiger charge is -2.25. The van der Waals surface area contributed by atoms with Crippen LogP contribution in [0.3, 0.4) is 0 Å². The second-order valence-electron chi connectivity index (χ2n) is 4.99. The molecular weight excluding hydrogens is 300 g/mol. The number of hydrogen-bond donors (Lipinski definition) is 1. The zero-order chi connectivity index (χ0) is 16.2. The van der Waals surface area contributed by atoms with E-state index in [0.717, 1.165) is 0 Å². The van der Waals surface area contributed by atoms with Crippen LogP contribution < -0.4 is 9.47 Å². The Hall–Kier alpha value is -3.09. The van der Waals surface area contributed by atoms with Crippen LogP contribution in [0.25, 0.3) is 0 Å². The number of non-ortho nitro benzene ring substituents is 1. The van der Waals surface area contributed by atoms with Gasteiger partial charge in [-0.25, -0.2) is 0 Å². The van der Waals surface area contributed by atoms with E-state index in [1.807, 2.05) is 24.3 Å². The minimum absolute atomic E-state index is 0.0643. The SMILES string of the molecule is O=[N+]([O-])c1ccc(O)c(C=NC[C@@H]2COc3ccccc3O2)c1. The van der Waals surface area contributed by atoms with Crippen LogP contribution in [0.1, 0.15) is 5.56 Å². The van der Waals surface area contributed by atoms with E-state index < -0.39 is 4.92 Å². The summed E-state index contributed by atoms with van der Waals surface area (Å²) in [4.78, 5) is 14.4. The van der Waals surface area contributed by atoms with Crippen LogP contribution in [0.4, 0.5) is 5.69 Å². The van der Waals surface area contributed by atoms with E-state index in [0.29, 0.717) is 24.7 Å². The van der Waals surface area contributed by atoms with Gasteiger partial charge in [-0.05, 0) is 18.2 Å². The molecule has 0 unspecified atom stereocenters. The Kier molecular flexibility index (Phi) is 4.09. The molecule has 1 N–H and O–H groups in total. The van der Waals surface area contributed by atoms with Crippen molar-refractivity contribution in [1.82, 2.24) is 0 Å². The number of para-hydroxylation sites is 2. The van der Waals surface area contributed by atoms with E-state index in [9.17, 15) is 15.2 Å². The number of aromatic hydroxyl groups is 1. The molecule has 1 heterocycles. The van der Waals surface area contributed by atoms with Crippen LogP contribution in [0, 0.1) is 10.1 Å². The summed E-state index contributed by atoms with van der Waals surface area (Å²) in [5.41, 5.74) is 0.187. The third-order valence-corrected chi connectivity index (χ3v) is 3.33. The van der Waals surface area contributed by atoms with Crippen LogP contribution >= 0.6 is 0 Å². The van der Waals surface area contributed by atoms with E-state index in [1.54, 1.807) is 0 Å². The van der Waals surface area contributed by atoms with E-state index in [2.05, 4.69) is 4.99 Å². The number of fused-ring (bicyclic) bond motifs is 1. The summed E-state index contributed by atoms with van der Waals surface area (Å²) in [5, 5.41) is 20.5. The fourth-order valence-electron chi connectivity index (χ4n) is 2.18. The Morgan fingerprint density at radius 2 is 2.09 bits per heavy atom. The number of phenolic OH excluding ortho intramolecular Hbond substituents is 1. The van der Waals surface area contributed by atoms with E-state index in [-0.39, 0.29) is 23.1 Å². The van der Waals surface area contributed by atoms with Gasteiger partial charge in [0.25, 0.3) is 5.69 Å². The number of nitro benzene ring substituents is 1. The van der Waals surface area contributed by atoms with Gasteiger partial charge in [0.15, 0.2) is 17.6 Å². The van der Waals surface area contributed by atoms with Gasteiger partial charge in [0.2, 0.25) is 0 Å². The van der Waals surface area contributed by atoms with Gasteiger partial charge < -0.3 is 14.6 Å². The maximum absolute atomic E-state index is 10.7. The highest BCUT2D eigenvalue weighted by Gasteiger charge is 2.19. The van der Waals surface area contributed by atoms with Crippen molar-refractivity contribution in [2.24, 2.45) is 4.99 Å². The van der Waals surface area contributed by atoms with Crippen LogP contribution in [0.5, 0.6) is 17.2 Å². The van der Waals surface area contributed by atoms with Crippen LogP contribution in [-0.2, 0) is 0 Å². The van der Waals surface area contributed by atoms with Crippen molar-refractivity contribution >= 4 is 11.9 Å². The van der Waals surface area contributed by atoms with Crippen molar-refractivity contribution in [1.29, 1.82) is 0 Å². The standard InChI is InChI=1S/C16H14N2O5/c19-14-6-5-12(18(20)21)7-11(14)8-17-9-13-10-22-15-3-1-2-4-16(15)23-13/h1-8,13,19H,9-10H2/t13-/m1/s1. The second kappa shape index (κ2) is 6.35. The topological polar surface area (TPSA) is 94.2 Å². The molecule has 0 bridgehead atoms. The average Bonchev–Trinajstić information content (AvgIpc) is 2.56. The minimum atomic E-state index is -0.522. The Labute approximate surface area is 132 Å². The Balaban J connectivity index is 1.66. The first-order valence-electron chi connectivity index (χ1n) is 6.99. The molecule has 7 heteroatoms. The first-order chi connectivity index (χ1) is 11.1. The van der Waals surface area contributed by atoms with Gasteiger partial charge >= 0.3 is 0 Å². The van der Waals surface area contributed by atoms with Gasteiger partial charge in [-0.3, -0.25) is 15.1 Å². The Morgan fingerprint density at radius 3 is 2.87 bits per heavy atom. The Morgan fingerprint density at radius 1 is 1.30 bits per heavy atom. The van der Waals surface area contributed by atoms with Crippen LogP contribution in [0.15, 0.2) is 47.5 Å². The highest BCUT2D eigenvalue weighted by molar-refractivity contribution is 5.84. The lowest BCUT2D eigenvalue weighted by Crippen LogP contribution is -2.31. The number of phenols is 1. The monoisotopic (exact) mass is 314 g/mol. The van der Waals surface area contributed by atoms with Crippen molar-refractivity contribution < 1.29 is 19.5 Å². The predicted molar refractivity (Wildman–Crippen MR) is 83.6 cm³/mol. The van der Waals surface area contributed by atoms with Gasteiger partial charge in [0.05, 0.1) is 11.5 Å². The Bertz CT molecular complexity index is 760. The molecule has 0 spiro atoms. The highest BCUT2D eigenvalue weighted by Crippen LogP contribution is 2.30. The molecule has 0 aliphatic carbocycles. The molecule has 1 atom stereocenters. The smallest absolute Gasteiger partial charge is 0.270 e. The van der Waals surface area contributed by atoms with Crippen molar-refractivity contribution in [3.05, 3.63) is 58.1 Å². The molecule has 0 saturated carbocycles. The molecule has 3 rings (SSSR count). The second-order valence-corrected chi connectivity index (χ2v) is 4.99.